The van der Waals surface area contributed by atoms with E-state index >= 15 is 0 Å². The van der Waals surface area contributed by atoms with Crippen molar-refractivity contribution in [2.24, 2.45) is 0 Å². The van der Waals surface area contributed by atoms with Crippen molar-refractivity contribution in [2.45, 2.75) is 45.4 Å². The predicted molar refractivity (Wildman–Crippen MR) is 66.2 cm³/mol. The monoisotopic (exact) mass is 252 g/mol. The van der Waals surface area contributed by atoms with Crippen molar-refractivity contribution in [2.75, 3.05) is 13.2 Å². The number of carbonyl (C=O) groups excluding carboxylic acids is 1. The van der Waals surface area contributed by atoms with Gasteiger partial charge in [0.05, 0.1) is 31.7 Å². The van der Waals surface area contributed by atoms with Crippen LogP contribution in [0, 0.1) is 0 Å². The van der Waals surface area contributed by atoms with Crippen LogP contribution in [0.3, 0.4) is 0 Å². The summed E-state index contributed by atoms with van der Waals surface area (Å²) in [6.45, 7) is 5.39. The van der Waals surface area contributed by atoms with E-state index in [1.807, 2.05) is 16.9 Å². The fourth-order valence-electron chi connectivity index (χ4n) is 1.89. The van der Waals surface area contributed by atoms with Gasteiger partial charge in [0.1, 0.15) is 5.78 Å². The summed E-state index contributed by atoms with van der Waals surface area (Å²) < 4.78 is 12.4. The summed E-state index contributed by atoms with van der Waals surface area (Å²) in [6, 6.07) is 2.27. The topological polar surface area (TPSA) is 53.4 Å². The Balaban J connectivity index is 1.84. The van der Waals surface area contributed by atoms with Gasteiger partial charge in [0, 0.05) is 12.2 Å². The number of Topliss-reactive ketones (excluding diaryl/α,β-unsaturated/α-hetero) is 1. The molecule has 1 aromatic rings. The number of ketones is 1. The van der Waals surface area contributed by atoms with Crippen molar-refractivity contribution in [1.29, 1.82) is 0 Å². The first-order valence-electron chi connectivity index (χ1n) is 6.48. The normalized spacial score (nSPS) is 18.1. The van der Waals surface area contributed by atoms with E-state index in [2.05, 4.69) is 18.9 Å². The molecule has 5 nitrogen and oxygen atoms in total. The molecule has 2 heterocycles. The Morgan fingerprint density at radius 3 is 2.94 bits per heavy atom. The first-order chi connectivity index (χ1) is 8.69. The Bertz CT molecular complexity index is 397. The third-order valence-electron chi connectivity index (χ3n) is 3.17. The molecular weight excluding hydrogens is 232 g/mol. The zero-order valence-corrected chi connectivity index (χ0v) is 11.0. The molecule has 1 unspecified atom stereocenters. The second-order valence-electron chi connectivity index (χ2n) is 4.64. The second kappa shape index (κ2) is 6.11. The molecule has 18 heavy (non-hydrogen) atoms. The molecule has 1 aliphatic rings. The molecule has 0 bridgehead atoms. The van der Waals surface area contributed by atoms with E-state index in [-0.39, 0.29) is 12.1 Å². The van der Waals surface area contributed by atoms with Crippen molar-refractivity contribution in [1.82, 2.24) is 9.78 Å². The molecule has 0 N–H and O–H groups in total. The maximum Gasteiger partial charge on any atom is 0.164 e. The molecule has 1 saturated heterocycles. The molecule has 1 aromatic heterocycles. The second-order valence-corrected chi connectivity index (χ2v) is 4.64. The van der Waals surface area contributed by atoms with Gasteiger partial charge in [-0.2, -0.15) is 5.10 Å². The first-order valence-corrected chi connectivity index (χ1v) is 6.48. The smallest absolute Gasteiger partial charge is 0.164 e. The van der Waals surface area contributed by atoms with Crippen molar-refractivity contribution in [3.8, 4) is 0 Å². The molecule has 1 fully saturated rings. The van der Waals surface area contributed by atoms with Crippen LogP contribution < -0.4 is 0 Å². The van der Waals surface area contributed by atoms with Crippen LogP contribution in [-0.4, -0.2) is 35.1 Å². The van der Waals surface area contributed by atoms with E-state index < -0.39 is 0 Å². The molecule has 0 radical (unpaired) electrons. The summed E-state index contributed by atoms with van der Waals surface area (Å²) in [5.74, 6) is 0.108. The molecule has 2 rings (SSSR count). The third-order valence-corrected chi connectivity index (χ3v) is 3.17. The molecule has 5 heteroatoms. The van der Waals surface area contributed by atoms with Gasteiger partial charge in [-0.15, -0.1) is 0 Å². The van der Waals surface area contributed by atoms with Crippen molar-refractivity contribution >= 4 is 5.78 Å². The molecule has 0 amide bonds. The number of carbonyl (C=O) groups is 1. The highest BCUT2D eigenvalue weighted by Gasteiger charge is 2.20. The molecule has 0 spiro atoms. The maximum absolute atomic E-state index is 11.8. The van der Waals surface area contributed by atoms with Crippen LogP contribution in [0.15, 0.2) is 12.3 Å². The predicted octanol–water partition coefficient (Wildman–Crippen LogP) is 1.73. The van der Waals surface area contributed by atoms with Crippen LogP contribution in [0.25, 0.3) is 0 Å². The number of ether oxygens (including phenoxy) is 2. The summed E-state index contributed by atoms with van der Waals surface area (Å²) >= 11 is 0. The van der Waals surface area contributed by atoms with E-state index in [0.29, 0.717) is 32.1 Å². The highest BCUT2D eigenvalue weighted by Crippen LogP contribution is 2.12. The van der Waals surface area contributed by atoms with E-state index in [0.717, 1.165) is 12.1 Å². The van der Waals surface area contributed by atoms with Gasteiger partial charge < -0.3 is 9.47 Å². The first kappa shape index (κ1) is 13.2. The Labute approximate surface area is 107 Å². The Morgan fingerprint density at radius 1 is 1.56 bits per heavy atom. The van der Waals surface area contributed by atoms with Gasteiger partial charge in [0.25, 0.3) is 0 Å². The number of aromatic nitrogens is 2. The average Bonchev–Trinajstić information content (AvgIpc) is 2.99. The molecule has 100 valence electrons. The lowest BCUT2D eigenvalue weighted by Crippen LogP contribution is -2.16. The SMILES string of the molecule is CCC(C)n1ccc(CC(=O)CC2OCCO2)n1. The lowest BCUT2D eigenvalue weighted by Gasteiger charge is -2.08. The molecule has 1 aliphatic heterocycles. The average molecular weight is 252 g/mol. The summed E-state index contributed by atoms with van der Waals surface area (Å²) in [6.07, 6.45) is 3.27. The number of rotatable bonds is 6. The van der Waals surface area contributed by atoms with Gasteiger partial charge >= 0.3 is 0 Å². The third kappa shape index (κ3) is 3.40. The molecular formula is C13H20N2O3. The minimum absolute atomic E-state index is 0.108. The van der Waals surface area contributed by atoms with Gasteiger partial charge in [0.15, 0.2) is 6.29 Å². The lowest BCUT2D eigenvalue weighted by molar-refractivity contribution is -0.126. The van der Waals surface area contributed by atoms with Gasteiger partial charge in [-0.1, -0.05) is 6.92 Å². The number of hydrogen-bond donors (Lipinski definition) is 0. The summed E-state index contributed by atoms with van der Waals surface area (Å²) in [4.78, 5) is 11.8. The van der Waals surface area contributed by atoms with E-state index in [1.165, 1.54) is 0 Å². The summed E-state index contributed by atoms with van der Waals surface area (Å²) in [7, 11) is 0. The zero-order valence-electron chi connectivity index (χ0n) is 11.0. The van der Waals surface area contributed by atoms with E-state index in [4.69, 9.17) is 9.47 Å². The quantitative estimate of drug-likeness (QED) is 0.773. The van der Waals surface area contributed by atoms with Crippen molar-refractivity contribution < 1.29 is 14.3 Å². The Hall–Kier alpha value is -1.20. The van der Waals surface area contributed by atoms with E-state index in [9.17, 15) is 4.79 Å². The van der Waals surface area contributed by atoms with Crippen LogP contribution in [0.5, 0.6) is 0 Å². The zero-order chi connectivity index (χ0) is 13.0. The van der Waals surface area contributed by atoms with Gasteiger partial charge in [0.2, 0.25) is 0 Å². The summed E-state index contributed by atoms with van der Waals surface area (Å²) in [5.41, 5.74) is 0.818. The van der Waals surface area contributed by atoms with Crippen molar-refractivity contribution in [3.05, 3.63) is 18.0 Å². The van der Waals surface area contributed by atoms with Gasteiger partial charge in [-0.05, 0) is 19.4 Å². The number of nitrogens with zero attached hydrogens (tertiary/aromatic N) is 2. The standard InChI is InChI=1S/C13H20N2O3/c1-3-10(2)15-5-4-11(14-15)8-12(16)9-13-17-6-7-18-13/h4-5,10,13H,3,6-9H2,1-2H3. The largest absolute Gasteiger partial charge is 0.350 e. The Morgan fingerprint density at radius 2 is 2.28 bits per heavy atom. The minimum Gasteiger partial charge on any atom is -0.350 e. The molecule has 1 atom stereocenters. The lowest BCUT2D eigenvalue weighted by atomic mass is 10.1. The molecule has 0 aliphatic carbocycles. The van der Waals surface area contributed by atoms with Crippen LogP contribution in [-0.2, 0) is 20.7 Å². The fraction of sp³-hybridized carbons (Fsp3) is 0.692. The van der Waals surface area contributed by atoms with Crippen LogP contribution in [0.1, 0.15) is 38.4 Å². The number of hydrogen-bond acceptors (Lipinski definition) is 4. The fourth-order valence-corrected chi connectivity index (χ4v) is 1.89. The molecule has 0 aromatic carbocycles. The molecule has 0 saturated carbocycles. The van der Waals surface area contributed by atoms with Gasteiger partial charge in [-0.3, -0.25) is 9.48 Å². The van der Waals surface area contributed by atoms with Gasteiger partial charge in [-0.25, -0.2) is 0 Å². The van der Waals surface area contributed by atoms with Crippen LogP contribution in [0.4, 0.5) is 0 Å². The highest BCUT2D eigenvalue weighted by atomic mass is 16.7. The van der Waals surface area contributed by atoms with Crippen molar-refractivity contribution in [3.63, 3.8) is 0 Å². The Kier molecular flexibility index (Phi) is 4.49. The van der Waals surface area contributed by atoms with Crippen LogP contribution >= 0.6 is 0 Å². The maximum atomic E-state index is 11.8. The summed E-state index contributed by atoms with van der Waals surface area (Å²) in [5, 5.41) is 4.41. The van der Waals surface area contributed by atoms with E-state index in [1.54, 1.807) is 0 Å². The highest BCUT2D eigenvalue weighted by molar-refractivity contribution is 5.80. The van der Waals surface area contributed by atoms with Crippen LogP contribution in [0.2, 0.25) is 0 Å². The minimum atomic E-state index is -0.353.